The summed E-state index contributed by atoms with van der Waals surface area (Å²) >= 11 is 0. The molecule has 0 bridgehead atoms. The molecule has 0 aromatic heterocycles. The number of benzene rings is 2. The molecule has 29 heavy (non-hydrogen) atoms. The predicted molar refractivity (Wildman–Crippen MR) is 109 cm³/mol. The number of primary amides is 1. The molecule has 154 valence electrons. The molecule has 0 unspecified atom stereocenters. The summed E-state index contributed by atoms with van der Waals surface area (Å²) in [7, 11) is 1.58. The van der Waals surface area contributed by atoms with Gasteiger partial charge in [-0.15, -0.1) is 0 Å². The number of ether oxygens (including phenoxy) is 1. The van der Waals surface area contributed by atoms with Gasteiger partial charge in [0.05, 0.1) is 13.7 Å². The molecular formula is C22H26FN3O3. The van der Waals surface area contributed by atoms with Crippen molar-refractivity contribution in [3.05, 3.63) is 59.9 Å². The van der Waals surface area contributed by atoms with Crippen molar-refractivity contribution >= 4 is 17.5 Å². The van der Waals surface area contributed by atoms with Crippen LogP contribution in [0, 0.1) is 5.82 Å². The number of anilines is 1. The van der Waals surface area contributed by atoms with Crippen molar-refractivity contribution in [3.8, 4) is 5.75 Å². The number of nitrogens with zero attached hydrogens (tertiary/aromatic N) is 2. The van der Waals surface area contributed by atoms with Crippen LogP contribution in [0.3, 0.4) is 0 Å². The van der Waals surface area contributed by atoms with E-state index in [2.05, 4.69) is 4.90 Å². The number of carbonyl (C=O) groups excluding carboxylic acids is 2. The van der Waals surface area contributed by atoms with E-state index in [1.807, 2.05) is 0 Å². The summed E-state index contributed by atoms with van der Waals surface area (Å²) in [4.78, 5) is 28.1. The maximum absolute atomic E-state index is 13.3. The standard InChI is InChI=1S/C22H26FN3O3/c1-29-19-10-8-18(9-11-19)26(14-12-21(24)27)22(28)15-25-13-2-3-20(25)16-4-6-17(23)7-5-16/h4-11,20H,2-3,12-15H2,1H3,(H2,24,27)/t20-/m1/s1. The molecule has 7 heteroatoms. The van der Waals surface area contributed by atoms with Crippen molar-refractivity contribution in [3.63, 3.8) is 0 Å². The van der Waals surface area contributed by atoms with E-state index in [0.717, 1.165) is 24.9 Å². The molecule has 1 aliphatic rings. The van der Waals surface area contributed by atoms with E-state index in [1.54, 1.807) is 48.4 Å². The maximum Gasteiger partial charge on any atom is 0.241 e. The zero-order valence-electron chi connectivity index (χ0n) is 16.5. The summed E-state index contributed by atoms with van der Waals surface area (Å²) in [5.74, 6) is -0.148. The smallest absolute Gasteiger partial charge is 0.241 e. The molecule has 6 nitrogen and oxygen atoms in total. The number of hydrogen-bond donors (Lipinski definition) is 1. The van der Waals surface area contributed by atoms with Gasteiger partial charge in [-0.1, -0.05) is 12.1 Å². The Balaban J connectivity index is 1.75. The van der Waals surface area contributed by atoms with Gasteiger partial charge in [0.1, 0.15) is 11.6 Å². The van der Waals surface area contributed by atoms with Crippen molar-refractivity contribution in [1.82, 2.24) is 4.90 Å². The van der Waals surface area contributed by atoms with Crippen LogP contribution in [0.1, 0.15) is 30.9 Å². The minimum Gasteiger partial charge on any atom is -0.497 e. The van der Waals surface area contributed by atoms with Crippen molar-refractivity contribution in [2.45, 2.75) is 25.3 Å². The average molecular weight is 399 g/mol. The maximum atomic E-state index is 13.3. The molecule has 1 aliphatic heterocycles. The molecule has 2 amide bonds. The number of halogens is 1. The van der Waals surface area contributed by atoms with Crippen LogP contribution in [0.25, 0.3) is 0 Å². The first-order chi connectivity index (χ1) is 14.0. The van der Waals surface area contributed by atoms with Crippen LogP contribution in [0.2, 0.25) is 0 Å². The second-order valence-electron chi connectivity index (χ2n) is 7.14. The third kappa shape index (κ3) is 5.32. The summed E-state index contributed by atoms with van der Waals surface area (Å²) < 4.78 is 18.4. The number of rotatable bonds is 8. The molecule has 2 aromatic carbocycles. The molecule has 3 rings (SSSR count). The second-order valence-corrected chi connectivity index (χ2v) is 7.14. The molecule has 1 atom stereocenters. The molecule has 0 spiro atoms. The number of carbonyl (C=O) groups is 2. The highest BCUT2D eigenvalue weighted by atomic mass is 19.1. The molecule has 2 aromatic rings. The van der Waals surface area contributed by atoms with E-state index in [1.165, 1.54) is 12.1 Å². The summed E-state index contributed by atoms with van der Waals surface area (Å²) in [6.07, 6.45) is 1.97. The first kappa shape index (κ1) is 20.8. The molecule has 1 saturated heterocycles. The van der Waals surface area contributed by atoms with E-state index in [4.69, 9.17) is 10.5 Å². The molecule has 1 heterocycles. The number of likely N-dealkylation sites (tertiary alicyclic amines) is 1. The molecule has 1 fully saturated rings. The third-order valence-electron chi connectivity index (χ3n) is 5.22. The van der Waals surface area contributed by atoms with Crippen molar-refractivity contribution < 1.29 is 18.7 Å². The number of nitrogens with two attached hydrogens (primary N) is 1. The van der Waals surface area contributed by atoms with Crippen LogP contribution in [-0.2, 0) is 9.59 Å². The minimum atomic E-state index is -0.457. The van der Waals surface area contributed by atoms with Crippen LogP contribution >= 0.6 is 0 Å². The van der Waals surface area contributed by atoms with Crippen molar-refractivity contribution in [1.29, 1.82) is 0 Å². The van der Waals surface area contributed by atoms with E-state index < -0.39 is 5.91 Å². The van der Waals surface area contributed by atoms with Crippen LogP contribution in [0.5, 0.6) is 5.75 Å². The highest BCUT2D eigenvalue weighted by molar-refractivity contribution is 5.95. The Labute approximate surface area is 170 Å². The second kappa shape index (κ2) is 9.52. The van der Waals surface area contributed by atoms with Gasteiger partial charge in [0.15, 0.2) is 0 Å². The monoisotopic (exact) mass is 399 g/mol. The first-order valence-electron chi connectivity index (χ1n) is 9.70. The van der Waals surface area contributed by atoms with E-state index in [0.29, 0.717) is 11.4 Å². The fraction of sp³-hybridized carbons (Fsp3) is 0.364. The van der Waals surface area contributed by atoms with Crippen LogP contribution in [0.4, 0.5) is 10.1 Å². The van der Waals surface area contributed by atoms with Crippen LogP contribution < -0.4 is 15.4 Å². The zero-order chi connectivity index (χ0) is 20.8. The van der Waals surface area contributed by atoms with E-state index in [-0.39, 0.29) is 37.3 Å². The van der Waals surface area contributed by atoms with E-state index in [9.17, 15) is 14.0 Å². The van der Waals surface area contributed by atoms with Gasteiger partial charge in [-0.3, -0.25) is 14.5 Å². The lowest BCUT2D eigenvalue weighted by molar-refractivity contribution is -0.120. The number of hydrogen-bond acceptors (Lipinski definition) is 4. The lowest BCUT2D eigenvalue weighted by Gasteiger charge is -2.29. The zero-order valence-corrected chi connectivity index (χ0v) is 16.5. The summed E-state index contributed by atoms with van der Waals surface area (Å²) in [6.45, 7) is 1.22. The Kier molecular flexibility index (Phi) is 6.82. The van der Waals surface area contributed by atoms with Gasteiger partial charge < -0.3 is 15.4 Å². The largest absolute Gasteiger partial charge is 0.497 e. The Morgan fingerprint density at radius 3 is 2.48 bits per heavy atom. The van der Waals surface area contributed by atoms with Crippen LogP contribution in [-0.4, -0.2) is 43.5 Å². The lowest BCUT2D eigenvalue weighted by atomic mass is 10.0. The SMILES string of the molecule is COc1ccc(N(CCC(N)=O)C(=O)CN2CCC[C@@H]2c2ccc(F)cc2)cc1. The summed E-state index contributed by atoms with van der Waals surface area (Å²) in [5, 5.41) is 0. The summed E-state index contributed by atoms with van der Waals surface area (Å²) in [5.41, 5.74) is 6.99. The van der Waals surface area contributed by atoms with Crippen molar-refractivity contribution in [2.75, 3.05) is 31.6 Å². The molecule has 2 N–H and O–H groups in total. The minimum absolute atomic E-state index is 0.0772. The predicted octanol–water partition coefficient (Wildman–Crippen LogP) is 2.88. The highest BCUT2D eigenvalue weighted by Gasteiger charge is 2.29. The fourth-order valence-electron chi connectivity index (χ4n) is 3.72. The Bertz CT molecular complexity index is 839. The van der Waals surface area contributed by atoms with E-state index >= 15 is 0 Å². The van der Waals surface area contributed by atoms with Gasteiger partial charge in [-0.2, -0.15) is 0 Å². The highest BCUT2D eigenvalue weighted by Crippen LogP contribution is 2.32. The molecule has 0 aliphatic carbocycles. The molecular weight excluding hydrogens is 373 g/mol. The van der Waals surface area contributed by atoms with Gasteiger partial charge in [-0.05, 0) is 61.3 Å². The van der Waals surface area contributed by atoms with Crippen LogP contribution in [0.15, 0.2) is 48.5 Å². The summed E-state index contributed by atoms with van der Waals surface area (Å²) in [6, 6.07) is 13.7. The Morgan fingerprint density at radius 2 is 1.86 bits per heavy atom. The fourth-order valence-corrected chi connectivity index (χ4v) is 3.72. The number of methoxy groups -OCH3 is 1. The van der Waals surface area contributed by atoms with Gasteiger partial charge in [0, 0.05) is 24.7 Å². The van der Waals surface area contributed by atoms with Crippen molar-refractivity contribution in [2.24, 2.45) is 5.73 Å². The molecule has 0 saturated carbocycles. The first-order valence-corrected chi connectivity index (χ1v) is 9.70. The van der Waals surface area contributed by atoms with Gasteiger partial charge in [0.25, 0.3) is 0 Å². The average Bonchev–Trinajstić information content (AvgIpc) is 3.17. The third-order valence-corrected chi connectivity index (χ3v) is 5.22. The molecule has 0 radical (unpaired) electrons. The normalized spacial score (nSPS) is 16.6. The Morgan fingerprint density at radius 1 is 1.17 bits per heavy atom. The van der Waals surface area contributed by atoms with Gasteiger partial charge in [0.2, 0.25) is 11.8 Å². The lowest BCUT2D eigenvalue weighted by Crippen LogP contribution is -2.41. The van der Waals surface area contributed by atoms with Gasteiger partial charge >= 0.3 is 0 Å². The Hall–Kier alpha value is -2.93. The number of amides is 2. The quantitative estimate of drug-likeness (QED) is 0.741. The van der Waals surface area contributed by atoms with Gasteiger partial charge in [-0.25, -0.2) is 4.39 Å². The topological polar surface area (TPSA) is 75.9 Å².